The minimum atomic E-state index is -0.412. The molecule has 0 fully saturated rings. The van der Waals surface area contributed by atoms with Crippen LogP contribution in [0.3, 0.4) is 0 Å². The molecule has 3 aromatic rings. The molecule has 0 spiro atoms. The topological polar surface area (TPSA) is 64.0 Å². The third-order valence-electron chi connectivity index (χ3n) is 3.97. The summed E-state index contributed by atoms with van der Waals surface area (Å²) < 4.78 is 1.91. The summed E-state index contributed by atoms with van der Waals surface area (Å²) in [5.74, 6) is -0.412. The second kappa shape index (κ2) is 7.07. The molecule has 1 amide bonds. The second-order valence-electron chi connectivity index (χ2n) is 6.08. The summed E-state index contributed by atoms with van der Waals surface area (Å²) in [5, 5.41) is 3.68. The molecular weight excluding hydrogens is 338 g/mol. The number of nitrogens with one attached hydrogen (secondary N) is 1. The Bertz CT molecular complexity index is 981. The number of carbonyl (C=O) groups excluding carboxylic acids is 1. The van der Waals surface area contributed by atoms with Gasteiger partial charge in [-0.2, -0.15) is 0 Å². The molecule has 0 radical (unpaired) electrons. The van der Waals surface area contributed by atoms with E-state index >= 15 is 0 Å². The molecule has 0 aliphatic carbocycles. The first-order chi connectivity index (χ1) is 12.0. The van der Waals surface area contributed by atoms with Crippen LogP contribution in [-0.2, 0) is 6.54 Å². The van der Waals surface area contributed by atoms with Crippen LogP contribution in [0.25, 0.3) is 10.9 Å². The molecule has 128 valence electrons. The number of aromatic nitrogens is 2. The predicted molar refractivity (Wildman–Crippen MR) is 99.0 cm³/mol. The van der Waals surface area contributed by atoms with E-state index in [4.69, 9.17) is 11.6 Å². The zero-order valence-corrected chi connectivity index (χ0v) is 14.7. The predicted octanol–water partition coefficient (Wildman–Crippen LogP) is 3.56. The first-order valence-electron chi connectivity index (χ1n) is 7.99. The van der Waals surface area contributed by atoms with E-state index in [0.29, 0.717) is 17.0 Å². The summed E-state index contributed by atoms with van der Waals surface area (Å²) in [7, 11) is 0. The largest absolute Gasteiger partial charge is 0.348 e. The highest BCUT2D eigenvalue weighted by Crippen LogP contribution is 2.20. The van der Waals surface area contributed by atoms with E-state index in [1.165, 1.54) is 0 Å². The van der Waals surface area contributed by atoms with Crippen LogP contribution in [0.15, 0.2) is 53.7 Å². The average Bonchev–Trinajstić information content (AvgIpc) is 2.61. The number of fused-ring (bicyclic) bond motifs is 1. The molecule has 3 rings (SSSR count). The van der Waals surface area contributed by atoms with Crippen LogP contribution < -0.4 is 10.7 Å². The van der Waals surface area contributed by atoms with Gasteiger partial charge in [0.05, 0.1) is 5.52 Å². The molecule has 5 nitrogen and oxygen atoms in total. The summed E-state index contributed by atoms with van der Waals surface area (Å²) in [6.07, 6.45) is 4.95. The molecule has 0 saturated carbocycles. The highest BCUT2D eigenvalue weighted by molar-refractivity contribution is 6.31. The van der Waals surface area contributed by atoms with Crippen molar-refractivity contribution in [1.29, 1.82) is 0 Å². The van der Waals surface area contributed by atoms with E-state index in [2.05, 4.69) is 10.3 Å². The van der Waals surface area contributed by atoms with E-state index < -0.39 is 5.91 Å². The highest BCUT2D eigenvalue weighted by Gasteiger charge is 2.16. The van der Waals surface area contributed by atoms with Crippen LogP contribution in [0.1, 0.15) is 35.8 Å². The Labute approximate surface area is 150 Å². The normalized spacial score (nSPS) is 11.0. The number of hydrogen-bond donors (Lipinski definition) is 1. The van der Waals surface area contributed by atoms with Gasteiger partial charge in [-0.3, -0.25) is 14.6 Å². The lowest BCUT2D eigenvalue weighted by molar-refractivity contribution is 0.0949. The van der Waals surface area contributed by atoms with Crippen LogP contribution in [0, 0.1) is 0 Å². The van der Waals surface area contributed by atoms with E-state index in [9.17, 15) is 9.59 Å². The molecule has 1 aromatic carbocycles. The Balaban J connectivity index is 2.02. The molecular formula is C19H18ClN3O2. The van der Waals surface area contributed by atoms with Crippen molar-refractivity contribution in [2.45, 2.75) is 26.4 Å². The summed E-state index contributed by atoms with van der Waals surface area (Å²) >= 11 is 6.04. The Morgan fingerprint density at radius 1 is 1.32 bits per heavy atom. The van der Waals surface area contributed by atoms with Crippen molar-refractivity contribution in [3.8, 4) is 0 Å². The standard InChI is InChI=1S/C19H18ClN3O2/c1-12(2)23-11-16(18(24)15-8-14(20)5-6-17(15)23)19(25)22-10-13-4-3-7-21-9-13/h3-9,11-12H,10H2,1-2H3,(H,22,25). The van der Waals surface area contributed by atoms with Crippen molar-refractivity contribution in [1.82, 2.24) is 14.9 Å². The second-order valence-corrected chi connectivity index (χ2v) is 6.51. The van der Waals surface area contributed by atoms with Crippen molar-refractivity contribution < 1.29 is 4.79 Å². The molecule has 1 N–H and O–H groups in total. The van der Waals surface area contributed by atoms with Crippen molar-refractivity contribution in [3.05, 3.63) is 75.3 Å². The fourth-order valence-corrected chi connectivity index (χ4v) is 2.87. The smallest absolute Gasteiger partial charge is 0.257 e. The maximum atomic E-state index is 12.8. The van der Waals surface area contributed by atoms with Gasteiger partial charge in [-0.15, -0.1) is 0 Å². The van der Waals surface area contributed by atoms with Crippen molar-refractivity contribution in [3.63, 3.8) is 0 Å². The van der Waals surface area contributed by atoms with Gasteiger partial charge in [-0.1, -0.05) is 17.7 Å². The molecule has 0 atom stereocenters. The summed E-state index contributed by atoms with van der Waals surface area (Å²) in [6.45, 7) is 4.30. The van der Waals surface area contributed by atoms with E-state index in [0.717, 1.165) is 11.1 Å². The van der Waals surface area contributed by atoms with Crippen molar-refractivity contribution in [2.75, 3.05) is 0 Å². The van der Waals surface area contributed by atoms with Gasteiger partial charge in [0, 0.05) is 41.6 Å². The van der Waals surface area contributed by atoms with Gasteiger partial charge in [0.25, 0.3) is 5.91 Å². The summed E-state index contributed by atoms with van der Waals surface area (Å²) in [6, 6.07) is 8.90. The van der Waals surface area contributed by atoms with Crippen molar-refractivity contribution >= 4 is 28.4 Å². The number of pyridine rings is 2. The fourth-order valence-electron chi connectivity index (χ4n) is 2.70. The molecule has 0 unspecified atom stereocenters. The number of hydrogen-bond acceptors (Lipinski definition) is 3. The van der Waals surface area contributed by atoms with Gasteiger partial charge in [0.15, 0.2) is 0 Å². The Hall–Kier alpha value is -2.66. The lowest BCUT2D eigenvalue weighted by Gasteiger charge is -2.17. The lowest BCUT2D eigenvalue weighted by Crippen LogP contribution is -2.29. The number of rotatable bonds is 4. The summed E-state index contributed by atoms with van der Waals surface area (Å²) in [4.78, 5) is 29.3. The van der Waals surface area contributed by atoms with Crippen LogP contribution in [0.2, 0.25) is 5.02 Å². The van der Waals surface area contributed by atoms with Crippen LogP contribution in [0.4, 0.5) is 0 Å². The Morgan fingerprint density at radius 2 is 2.12 bits per heavy atom. The molecule has 0 bridgehead atoms. The monoisotopic (exact) mass is 355 g/mol. The average molecular weight is 356 g/mol. The number of amides is 1. The zero-order chi connectivity index (χ0) is 18.0. The SMILES string of the molecule is CC(C)n1cc(C(=O)NCc2cccnc2)c(=O)c2cc(Cl)ccc21. The molecule has 0 aliphatic rings. The van der Waals surface area contributed by atoms with Crippen LogP contribution >= 0.6 is 11.6 Å². The van der Waals surface area contributed by atoms with Crippen LogP contribution in [0.5, 0.6) is 0 Å². The van der Waals surface area contributed by atoms with Gasteiger partial charge < -0.3 is 9.88 Å². The molecule has 25 heavy (non-hydrogen) atoms. The Morgan fingerprint density at radius 3 is 2.80 bits per heavy atom. The minimum Gasteiger partial charge on any atom is -0.348 e. The van der Waals surface area contributed by atoms with Crippen molar-refractivity contribution in [2.24, 2.45) is 0 Å². The zero-order valence-electron chi connectivity index (χ0n) is 14.0. The third-order valence-corrected chi connectivity index (χ3v) is 4.21. The molecule has 0 saturated heterocycles. The highest BCUT2D eigenvalue weighted by atomic mass is 35.5. The van der Waals surface area contributed by atoms with E-state index in [1.807, 2.05) is 24.5 Å². The number of carbonyl (C=O) groups is 1. The number of benzene rings is 1. The molecule has 2 aromatic heterocycles. The Kier molecular flexibility index (Phi) is 4.86. The minimum absolute atomic E-state index is 0.0918. The first-order valence-corrected chi connectivity index (χ1v) is 8.36. The maximum Gasteiger partial charge on any atom is 0.257 e. The summed E-state index contributed by atoms with van der Waals surface area (Å²) in [5.41, 5.74) is 1.41. The van der Waals surface area contributed by atoms with E-state index in [-0.39, 0.29) is 17.0 Å². The molecule has 6 heteroatoms. The molecule has 2 heterocycles. The van der Waals surface area contributed by atoms with Gasteiger partial charge >= 0.3 is 0 Å². The lowest BCUT2D eigenvalue weighted by atomic mass is 10.1. The first kappa shape index (κ1) is 17.2. The van der Waals surface area contributed by atoms with Gasteiger partial charge in [-0.05, 0) is 43.7 Å². The third kappa shape index (κ3) is 3.56. The number of nitrogens with zero attached hydrogens (tertiary/aromatic N) is 2. The van der Waals surface area contributed by atoms with Crippen LogP contribution in [-0.4, -0.2) is 15.5 Å². The van der Waals surface area contributed by atoms with Gasteiger partial charge in [-0.25, -0.2) is 0 Å². The van der Waals surface area contributed by atoms with Gasteiger partial charge in [0.1, 0.15) is 5.56 Å². The van der Waals surface area contributed by atoms with E-state index in [1.54, 1.807) is 42.9 Å². The maximum absolute atomic E-state index is 12.8. The molecule has 0 aliphatic heterocycles. The van der Waals surface area contributed by atoms with Gasteiger partial charge in [0.2, 0.25) is 5.43 Å². The number of halogens is 1. The fraction of sp³-hybridized carbons (Fsp3) is 0.211. The quantitative estimate of drug-likeness (QED) is 0.778.